The fraction of sp³-hybridized carbons (Fsp3) is 0.381. The maximum Gasteiger partial charge on any atom is 0.335 e. The van der Waals surface area contributed by atoms with Gasteiger partial charge in [0.15, 0.2) is 0 Å². The van der Waals surface area contributed by atoms with E-state index in [1.807, 2.05) is 0 Å². The Morgan fingerprint density at radius 3 is 2.24 bits per heavy atom. The van der Waals surface area contributed by atoms with Gasteiger partial charge < -0.3 is 14.6 Å². The summed E-state index contributed by atoms with van der Waals surface area (Å²) in [7, 11) is -0.772. The van der Waals surface area contributed by atoms with E-state index in [1.165, 1.54) is 36.7 Å². The molecule has 1 saturated heterocycles. The van der Waals surface area contributed by atoms with E-state index in [9.17, 15) is 18.3 Å². The Morgan fingerprint density at radius 2 is 1.66 bits per heavy atom. The Morgan fingerprint density at radius 1 is 0.966 bits per heavy atom. The van der Waals surface area contributed by atoms with Crippen molar-refractivity contribution in [2.45, 2.75) is 30.6 Å². The molecule has 0 spiro atoms. The summed E-state index contributed by atoms with van der Waals surface area (Å²) < 4.78 is 38.5. The highest BCUT2D eigenvalue weighted by Crippen LogP contribution is 2.35. The van der Waals surface area contributed by atoms with Gasteiger partial charge in [0.2, 0.25) is 10.0 Å². The molecule has 1 heterocycles. The molecule has 3 rings (SSSR count). The maximum atomic E-state index is 13.2. The Kier molecular flexibility index (Phi) is 6.44. The van der Waals surface area contributed by atoms with Crippen molar-refractivity contribution in [1.29, 1.82) is 0 Å². The molecule has 0 unspecified atom stereocenters. The second-order valence-electron chi connectivity index (χ2n) is 6.94. The van der Waals surface area contributed by atoms with E-state index in [2.05, 4.69) is 0 Å². The molecule has 0 atom stereocenters. The fourth-order valence-electron chi connectivity index (χ4n) is 3.50. The van der Waals surface area contributed by atoms with Crippen LogP contribution >= 0.6 is 0 Å². The SMILES string of the molecule is COc1ccc(-c2cc(C(=O)O)cc(S(=O)(=O)N3CCCCCC3)c2)c(OC)c1. The Labute approximate surface area is 170 Å². The zero-order valence-corrected chi connectivity index (χ0v) is 17.4. The predicted molar refractivity (Wildman–Crippen MR) is 109 cm³/mol. The average molecular weight is 419 g/mol. The van der Waals surface area contributed by atoms with E-state index in [0.29, 0.717) is 35.7 Å². The number of carboxylic acid groups (broad SMARTS) is 1. The van der Waals surface area contributed by atoms with Crippen molar-refractivity contribution < 1.29 is 27.8 Å². The summed E-state index contributed by atoms with van der Waals surface area (Å²) in [4.78, 5) is 11.7. The van der Waals surface area contributed by atoms with Crippen LogP contribution in [0.25, 0.3) is 11.1 Å². The van der Waals surface area contributed by atoms with Crippen LogP contribution in [0, 0.1) is 0 Å². The first-order valence-electron chi connectivity index (χ1n) is 9.48. The van der Waals surface area contributed by atoms with Crippen LogP contribution in [-0.2, 0) is 10.0 Å². The van der Waals surface area contributed by atoms with Crippen LogP contribution in [0.3, 0.4) is 0 Å². The Hall–Kier alpha value is -2.58. The molecule has 0 saturated carbocycles. The zero-order chi connectivity index (χ0) is 21.0. The number of carbonyl (C=O) groups is 1. The molecule has 0 amide bonds. The van der Waals surface area contributed by atoms with E-state index in [1.54, 1.807) is 18.2 Å². The Bertz CT molecular complexity index is 994. The molecular weight excluding hydrogens is 394 g/mol. The zero-order valence-electron chi connectivity index (χ0n) is 16.6. The number of aromatic carboxylic acids is 1. The molecule has 1 aliphatic heterocycles. The quantitative estimate of drug-likeness (QED) is 0.768. The largest absolute Gasteiger partial charge is 0.497 e. The highest BCUT2D eigenvalue weighted by atomic mass is 32.2. The summed E-state index contributed by atoms with van der Waals surface area (Å²) in [5.41, 5.74) is 0.954. The van der Waals surface area contributed by atoms with Gasteiger partial charge in [-0.3, -0.25) is 0 Å². The van der Waals surface area contributed by atoms with Crippen molar-refractivity contribution in [3.05, 3.63) is 42.0 Å². The van der Waals surface area contributed by atoms with Gasteiger partial charge in [0.1, 0.15) is 11.5 Å². The lowest BCUT2D eigenvalue weighted by molar-refractivity contribution is 0.0696. The minimum absolute atomic E-state index is 0.0211. The minimum Gasteiger partial charge on any atom is -0.497 e. The molecule has 0 aromatic heterocycles. The maximum absolute atomic E-state index is 13.2. The number of nitrogens with zero attached hydrogens (tertiary/aromatic N) is 1. The number of rotatable bonds is 6. The highest BCUT2D eigenvalue weighted by molar-refractivity contribution is 7.89. The molecule has 1 aliphatic rings. The lowest BCUT2D eigenvalue weighted by Gasteiger charge is -2.21. The molecule has 1 fully saturated rings. The number of ether oxygens (including phenoxy) is 2. The lowest BCUT2D eigenvalue weighted by atomic mass is 10.0. The van der Waals surface area contributed by atoms with Gasteiger partial charge >= 0.3 is 5.97 Å². The first-order valence-corrected chi connectivity index (χ1v) is 10.9. The normalized spacial score (nSPS) is 15.5. The second-order valence-corrected chi connectivity index (χ2v) is 8.87. The van der Waals surface area contributed by atoms with E-state index in [-0.39, 0.29) is 10.5 Å². The van der Waals surface area contributed by atoms with E-state index < -0.39 is 16.0 Å². The summed E-state index contributed by atoms with van der Waals surface area (Å²) in [6.07, 6.45) is 3.60. The van der Waals surface area contributed by atoms with Crippen molar-refractivity contribution in [2.75, 3.05) is 27.3 Å². The molecule has 2 aromatic rings. The van der Waals surface area contributed by atoms with Gasteiger partial charge in [-0.15, -0.1) is 0 Å². The number of sulfonamides is 1. The van der Waals surface area contributed by atoms with Crippen LogP contribution in [0.1, 0.15) is 36.0 Å². The first-order chi connectivity index (χ1) is 13.9. The molecule has 1 N–H and O–H groups in total. The van der Waals surface area contributed by atoms with Gasteiger partial charge in [0, 0.05) is 24.7 Å². The third kappa shape index (κ3) is 4.54. The van der Waals surface area contributed by atoms with Crippen LogP contribution in [0.15, 0.2) is 41.3 Å². The van der Waals surface area contributed by atoms with Crippen molar-refractivity contribution in [1.82, 2.24) is 4.31 Å². The first kappa shape index (κ1) is 21.1. The predicted octanol–water partition coefficient (Wildman–Crippen LogP) is 3.63. The van der Waals surface area contributed by atoms with E-state index >= 15 is 0 Å². The van der Waals surface area contributed by atoms with Crippen LogP contribution in [0.5, 0.6) is 11.5 Å². The van der Waals surface area contributed by atoms with E-state index in [4.69, 9.17) is 9.47 Å². The fourth-order valence-corrected chi connectivity index (χ4v) is 5.08. The van der Waals surface area contributed by atoms with Crippen molar-refractivity contribution in [3.8, 4) is 22.6 Å². The third-order valence-electron chi connectivity index (χ3n) is 5.08. The topological polar surface area (TPSA) is 93.1 Å². The minimum atomic E-state index is -3.80. The van der Waals surface area contributed by atoms with Gasteiger partial charge in [0.25, 0.3) is 0 Å². The molecule has 29 heavy (non-hydrogen) atoms. The summed E-state index contributed by atoms with van der Waals surface area (Å²) in [5, 5.41) is 9.55. The lowest BCUT2D eigenvalue weighted by Crippen LogP contribution is -2.32. The van der Waals surface area contributed by atoms with Gasteiger partial charge in [0.05, 0.1) is 24.7 Å². The molecule has 156 valence electrons. The van der Waals surface area contributed by atoms with Crippen molar-refractivity contribution in [2.24, 2.45) is 0 Å². The molecule has 0 radical (unpaired) electrons. The van der Waals surface area contributed by atoms with Gasteiger partial charge in [-0.1, -0.05) is 12.8 Å². The number of carboxylic acids is 1. The summed E-state index contributed by atoms with van der Waals surface area (Å²) in [6, 6.07) is 9.30. The van der Waals surface area contributed by atoms with Crippen LogP contribution in [-0.4, -0.2) is 51.1 Å². The molecule has 0 bridgehead atoms. The van der Waals surface area contributed by atoms with Crippen LogP contribution in [0.2, 0.25) is 0 Å². The number of benzene rings is 2. The molecule has 8 heteroatoms. The molecular formula is C21H25NO6S. The monoisotopic (exact) mass is 419 g/mol. The smallest absolute Gasteiger partial charge is 0.335 e. The van der Waals surface area contributed by atoms with Crippen molar-refractivity contribution in [3.63, 3.8) is 0 Å². The van der Waals surface area contributed by atoms with Crippen LogP contribution < -0.4 is 9.47 Å². The third-order valence-corrected chi connectivity index (χ3v) is 6.95. The molecule has 7 nitrogen and oxygen atoms in total. The second kappa shape index (κ2) is 8.84. The van der Waals surface area contributed by atoms with Gasteiger partial charge in [-0.25, -0.2) is 13.2 Å². The average Bonchev–Trinajstić information content (AvgIpc) is 3.03. The van der Waals surface area contributed by atoms with Crippen LogP contribution in [0.4, 0.5) is 0 Å². The molecule has 0 aliphatic carbocycles. The summed E-state index contributed by atoms with van der Waals surface area (Å²) in [6.45, 7) is 0.891. The standard InChI is InChI=1S/C21H25NO6S/c1-27-17-7-8-19(20(14-17)28-2)15-11-16(21(23)24)13-18(12-15)29(25,26)22-9-5-3-4-6-10-22/h7-8,11-14H,3-6,9-10H2,1-2H3,(H,23,24). The summed E-state index contributed by atoms with van der Waals surface area (Å²) in [5.74, 6) is -0.144. The molecule has 2 aromatic carbocycles. The number of hydrogen-bond donors (Lipinski definition) is 1. The number of methoxy groups -OCH3 is 2. The highest BCUT2D eigenvalue weighted by Gasteiger charge is 2.27. The van der Waals surface area contributed by atoms with Crippen molar-refractivity contribution >= 4 is 16.0 Å². The number of hydrogen-bond acceptors (Lipinski definition) is 5. The Balaban J connectivity index is 2.13. The van der Waals surface area contributed by atoms with E-state index in [0.717, 1.165) is 25.7 Å². The van der Waals surface area contributed by atoms with Gasteiger partial charge in [-0.2, -0.15) is 4.31 Å². The summed E-state index contributed by atoms with van der Waals surface area (Å²) >= 11 is 0. The van der Waals surface area contributed by atoms with Gasteiger partial charge in [-0.05, 0) is 48.7 Å².